The van der Waals surface area contributed by atoms with Gasteiger partial charge in [0.1, 0.15) is 11.2 Å². The van der Waals surface area contributed by atoms with E-state index in [-0.39, 0.29) is 12.4 Å². The van der Waals surface area contributed by atoms with E-state index >= 15 is 0 Å². The number of aryl methyl sites for hydroxylation is 5. The molecule has 3 heterocycles. The van der Waals surface area contributed by atoms with E-state index in [1.807, 2.05) is 19.9 Å². The van der Waals surface area contributed by atoms with Crippen molar-refractivity contribution in [2.45, 2.75) is 53.4 Å². The molecular weight excluding hydrogens is 418 g/mol. The highest BCUT2D eigenvalue weighted by atomic mass is 32.1. The molecule has 1 aromatic carbocycles. The maximum Gasteiger partial charge on any atom is 0.226 e. The number of thiophene rings is 1. The molecule has 0 N–H and O–H groups in total. The molecule has 1 aliphatic carbocycles. The van der Waals surface area contributed by atoms with Crippen molar-refractivity contribution in [3.05, 3.63) is 69.1 Å². The largest absolute Gasteiger partial charge is 0.469 e. The molecule has 5 nitrogen and oxygen atoms in total. The zero-order valence-electron chi connectivity index (χ0n) is 19.0. The predicted octanol–water partition coefficient (Wildman–Crippen LogP) is 5.86. The minimum Gasteiger partial charge on any atom is -0.469 e. The van der Waals surface area contributed by atoms with Crippen LogP contribution in [0.5, 0.6) is 5.88 Å². The van der Waals surface area contributed by atoms with Crippen LogP contribution in [0.1, 0.15) is 56.2 Å². The summed E-state index contributed by atoms with van der Waals surface area (Å²) in [7, 11) is 0. The van der Waals surface area contributed by atoms with Gasteiger partial charge in [-0.05, 0) is 88.3 Å². The van der Waals surface area contributed by atoms with E-state index < -0.39 is 0 Å². The smallest absolute Gasteiger partial charge is 0.226 e. The van der Waals surface area contributed by atoms with Crippen LogP contribution >= 0.6 is 11.3 Å². The van der Waals surface area contributed by atoms with Gasteiger partial charge in [-0.1, -0.05) is 6.07 Å². The Labute approximate surface area is 192 Å². The second kappa shape index (κ2) is 8.17. The lowest BCUT2D eigenvalue weighted by Crippen LogP contribution is -2.14. The Morgan fingerprint density at radius 2 is 1.88 bits per heavy atom. The number of ketones is 1. The predicted molar refractivity (Wildman–Crippen MR) is 129 cm³/mol. The summed E-state index contributed by atoms with van der Waals surface area (Å²) in [4.78, 5) is 24.3. The van der Waals surface area contributed by atoms with Crippen molar-refractivity contribution >= 4 is 27.3 Å². The summed E-state index contributed by atoms with van der Waals surface area (Å²) in [6.07, 6.45) is 6.06. The number of hydrogen-bond acceptors (Lipinski definition) is 5. The summed E-state index contributed by atoms with van der Waals surface area (Å²) >= 11 is 1.73. The average molecular weight is 446 g/mol. The number of fused-ring (bicyclic) bond motifs is 3. The van der Waals surface area contributed by atoms with Crippen molar-refractivity contribution in [3.63, 3.8) is 0 Å². The zero-order valence-corrected chi connectivity index (χ0v) is 19.8. The maximum atomic E-state index is 13.1. The number of ether oxygens (including phenoxy) is 1. The summed E-state index contributed by atoms with van der Waals surface area (Å²) in [5, 5.41) is 1.00. The first-order valence-electron chi connectivity index (χ1n) is 11.1. The Balaban J connectivity index is 1.42. The molecule has 0 fully saturated rings. The summed E-state index contributed by atoms with van der Waals surface area (Å²) in [5.41, 5.74) is 7.53. The molecule has 0 aliphatic heterocycles. The topological polar surface area (TPSA) is 57.0 Å². The lowest BCUT2D eigenvalue weighted by atomic mass is 9.97. The number of hydrogen-bond donors (Lipinski definition) is 0. The van der Waals surface area contributed by atoms with Gasteiger partial charge in [0.15, 0.2) is 6.61 Å². The van der Waals surface area contributed by atoms with Gasteiger partial charge in [0.2, 0.25) is 11.7 Å². The van der Waals surface area contributed by atoms with Crippen LogP contribution in [0.2, 0.25) is 0 Å². The van der Waals surface area contributed by atoms with Gasteiger partial charge in [0.25, 0.3) is 0 Å². The van der Waals surface area contributed by atoms with Gasteiger partial charge in [-0.2, -0.15) is 0 Å². The Kier molecular flexibility index (Phi) is 5.33. The highest BCUT2D eigenvalue weighted by molar-refractivity contribution is 7.18. The van der Waals surface area contributed by atoms with Crippen LogP contribution in [0.3, 0.4) is 0 Å². The van der Waals surface area contributed by atoms with E-state index in [2.05, 4.69) is 46.6 Å². The second-order valence-corrected chi connectivity index (χ2v) is 9.75. The lowest BCUT2D eigenvalue weighted by Gasteiger charge is -2.13. The minimum absolute atomic E-state index is 0.0338. The molecule has 6 heteroatoms. The van der Waals surface area contributed by atoms with Crippen molar-refractivity contribution in [2.75, 3.05) is 6.61 Å². The molecule has 0 saturated heterocycles. The molecule has 32 heavy (non-hydrogen) atoms. The number of benzene rings is 1. The normalized spacial score (nSPS) is 13.4. The van der Waals surface area contributed by atoms with Crippen molar-refractivity contribution in [2.24, 2.45) is 0 Å². The molecule has 0 radical (unpaired) electrons. The summed E-state index contributed by atoms with van der Waals surface area (Å²) in [6, 6.07) is 8.34. The Bertz CT molecular complexity index is 1350. The van der Waals surface area contributed by atoms with Gasteiger partial charge >= 0.3 is 0 Å². The van der Waals surface area contributed by atoms with E-state index in [1.165, 1.54) is 40.7 Å². The standard InChI is InChI=1S/C26H27N3O2S/c1-15-9-10-19(11-16(15)2)29-17(3)12-21(18(29)4)22(30)13-31-25-24-20-7-5-6-8-23(20)32-26(24)28-14-27-25/h9-12,14H,5-8,13H2,1-4H3. The number of carbonyl (C=O) groups excluding carboxylic acids is 1. The molecule has 0 saturated carbocycles. The fourth-order valence-corrected chi connectivity index (χ4v) is 5.91. The van der Waals surface area contributed by atoms with Gasteiger partial charge in [0.05, 0.1) is 5.39 Å². The average Bonchev–Trinajstić information content (AvgIpc) is 3.31. The summed E-state index contributed by atoms with van der Waals surface area (Å²) < 4.78 is 8.14. The number of carbonyl (C=O) groups is 1. The molecule has 0 unspecified atom stereocenters. The van der Waals surface area contributed by atoms with Crippen LogP contribution < -0.4 is 4.74 Å². The van der Waals surface area contributed by atoms with Crippen LogP contribution in [-0.2, 0) is 12.8 Å². The molecule has 0 amide bonds. The monoisotopic (exact) mass is 445 g/mol. The third-order valence-corrected chi connectivity index (χ3v) is 7.74. The first-order chi connectivity index (χ1) is 15.4. The fourth-order valence-electron chi connectivity index (χ4n) is 4.69. The molecular formula is C26H27N3O2S. The van der Waals surface area contributed by atoms with Crippen LogP contribution in [0, 0.1) is 27.7 Å². The van der Waals surface area contributed by atoms with E-state index in [4.69, 9.17) is 4.74 Å². The van der Waals surface area contributed by atoms with Crippen LogP contribution in [0.15, 0.2) is 30.6 Å². The van der Waals surface area contributed by atoms with Crippen molar-refractivity contribution < 1.29 is 9.53 Å². The van der Waals surface area contributed by atoms with Crippen molar-refractivity contribution in [1.82, 2.24) is 14.5 Å². The highest BCUT2D eigenvalue weighted by Crippen LogP contribution is 2.39. The van der Waals surface area contributed by atoms with E-state index in [1.54, 1.807) is 11.3 Å². The van der Waals surface area contributed by atoms with E-state index in [0.717, 1.165) is 40.1 Å². The van der Waals surface area contributed by atoms with E-state index in [0.29, 0.717) is 11.4 Å². The summed E-state index contributed by atoms with van der Waals surface area (Å²) in [6.45, 7) is 8.21. The fraction of sp³-hybridized carbons (Fsp3) is 0.346. The third kappa shape index (κ3) is 3.52. The molecule has 0 bridgehead atoms. The zero-order chi connectivity index (χ0) is 22.4. The Hall–Kier alpha value is -2.99. The quantitative estimate of drug-likeness (QED) is 0.361. The lowest BCUT2D eigenvalue weighted by molar-refractivity contribution is 0.0918. The van der Waals surface area contributed by atoms with Gasteiger partial charge in [-0.15, -0.1) is 11.3 Å². The van der Waals surface area contributed by atoms with Crippen molar-refractivity contribution in [1.29, 1.82) is 0 Å². The van der Waals surface area contributed by atoms with Crippen molar-refractivity contribution in [3.8, 4) is 11.6 Å². The van der Waals surface area contributed by atoms with Crippen LogP contribution in [0.25, 0.3) is 15.9 Å². The highest BCUT2D eigenvalue weighted by Gasteiger charge is 2.22. The number of Topliss-reactive ketones (excluding diaryl/α,β-unsaturated/α-hetero) is 1. The van der Waals surface area contributed by atoms with Crippen LogP contribution in [-0.4, -0.2) is 26.9 Å². The maximum absolute atomic E-state index is 13.1. The van der Waals surface area contributed by atoms with Gasteiger partial charge < -0.3 is 9.30 Å². The summed E-state index contributed by atoms with van der Waals surface area (Å²) in [5.74, 6) is 0.495. The first kappa shape index (κ1) is 20.9. The second-order valence-electron chi connectivity index (χ2n) is 8.67. The Morgan fingerprint density at radius 3 is 2.69 bits per heavy atom. The molecule has 164 valence electrons. The molecule has 1 aliphatic rings. The first-order valence-corrected chi connectivity index (χ1v) is 11.9. The molecule has 0 spiro atoms. The number of aromatic nitrogens is 3. The Morgan fingerprint density at radius 1 is 1.06 bits per heavy atom. The van der Waals surface area contributed by atoms with Gasteiger partial charge in [-0.25, -0.2) is 9.97 Å². The molecule has 5 rings (SSSR count). The molecule has 0 atom stereocenters. The SMILES string of the molecule is Cc1ccc(-n2c(C)cc(C(=O)COc3ncnc4sc5c(c34)CCCC5)c2C)cc1C. The van der Waals surface area contributed by atoms with Gasteiger partial charge in [-0.3, -0.25) is 4.79 Å². The third-order valence-electron chi connectivity index (χ3n) is 6.54. The molecule has 4 aromatic rings. The van der Waals surface area contributed by atoms with E-state index in [9.17, 15) is 4.79 Å². The molecule has 3 aromatic heterocycles. The minimum atomic E-state index is -0.0379. The number of nitrogens with zero attached hydrogens (tertiary/aromatic N) is 3. The number of rotatable bonds is 5. The van der Waals surface area contributed by atoms with Crippen LogP contribution in [0.4, 0.5) is 0 Å². The van der Waals surface area contributed by atoms with Gasteiger partial charge in [0, 0.05) is 27.5 Å².